The summed E-state index contributed by atoms with van der Waals surface area (Å²) in [5, 5.41) is 9.81. The fourth-order valence-corrected chi connectivity index (χ4v) is 7.44. The first-order chi connectivity index (χ1) is 18.3. The number of aliphatic hydroxyl groups excluding tert-OH is 1. The second-order valence-corrected chi connectivity index (χ2v) is 13.6. The Morgan fingerprint density at radius 2 is 1.72 bits per heavy atom. The molecule has 1 heterocycles. The van der Waals surface area contributed by atoms with Gasteiger partial charge in [-0.05, 0) is 66.6 Å². The molecule has 0 unspecified atom stereocenters. The average molecular weight is 581 g/mol. The van der Waals surface area contributed by atoms with Gasteiger partial charge in [0.25, 0.3) is 0 Å². The van der Waals surface area contributed by atoms with Crippen LogP contribution in [0.5, 0.6) is 5.75 Å². The summed E-state index contributed by atoms with van der Waals surface area (Å²) in [6.07, 6.45) is -0.810. The number of benzene rings is 3. The molecule has 1 aliphatic rings. The Morgan fingerprint density at radius 1 is 1.05 bits per heavy atom. The van der Waals surface area contributed by atoms with Crippen LogP contribution in [0.15, 0.2) is 76.5 Å². The molecule has 1 N–H and O–H groups in total. The lowest BCUT2D eigenvalue weighted by molar-refractivity contribution is 0.0905. The third-order valence-electron chi connectivity index (χ3n) is 6.78. The number of hydrogen-bond donors (Lipinski definition) is 1. The van der Waals surface area contributed by atoms with Crippen LogP contribution in [0.1, 0.15) is 13.8 Å². The summed E-state index contributed by atoms with van der Waals surface area (Å²) in [5.41, 5.74) is 1.01. The number of hydrogen-bond acceptors (Lipinski definition) is 6. The van der Waals surface area contributed by atoms with E-state index in [4.69, 9.17) is 4.74 Å². The molecule has 0 aliphatic carbocycles. The van der Waals surface area contributed by atoms with E-state index in [1.54, 1.807) is 26.0 Å². The van der Waals surface area contributed by atoms with Gasteiger partial charge in [0.2, 0.25) is 20.0 Å². The fraction of sp³-hybridized carbons (Fsp3) is 0.333. The summed E-state index contributed by atoms with van der Waals surface area (Å²) in [5.74, 6) is -1.56. The number of aliphatic hydroxyl groups is 1. The molecule has 39 heavy (non-hydrogen) atoms. The highest BCUT2D eigenvalue weighted by atomic mass is 32.2. The molecule has 0 aromatic heterocycles. The van der Waals surface area contributed by atoms with Gasteiger partial charge in [-0.25, -0.2) is 25.6 Å². The van der Waals surface area contributed by atoms with Gasteiger partial charge in [0.15, 0.2) is 0 Å². The third-order valence-corrected chi connectivity index (χ3v) is 10.6. The number of rotatable bonds is 7. The molecule has 12 heteroatoms. The van der Waals surface area contributed by atoms with E-state index < -0.39 is 56.4 Å². The van der Waals surface area contributed by atoms with Gasteiger partial charge in [-0.1, -0.05) is 25.1 Å². The van der Waals surface area contributed by atoms with Crippen molar-refractivity contribution in [2.24, 2.45) is 5.92 Å². The zero-order valence-corrected chi connectivity index (χ0v) is 23.3. The molecule has 4 rings (SSSR count). The van der Waals surface area contributed by atoms with Gasteiger partial charge in [-0.2, -0.15) is 8.61 Å². The minimum absolute atomic E-state index is 0.0176. The van der Waals surface area contributed by atoms with Gasteiger partial charge in [-0.15, -0.1) is 0 Å². The molecule has 3 atom stereocenters. The molecule has 8 nitrogen and oxygen atoms in total. The SMILES string of the molecule is C[C@@H]1CN([C@H](C)CO)S(=O)(=O)c2ccc(-c3cccc(F)c3)cc2O[C@@H]1CN(C)S(=O)(=O)c1ccc(F)cc1. The molecule has 0 fully saturated rings. The quantitative estimate of drug-likeness (QED) is 0.457. The summed E-state index contributed by atoms with van der Waals surface area (Å²) >= 11 is 0. The Hall–Kier alpha value is -2.90. The van der Waals surface area contributed by atoms with E-state index in [-0.39, 0.29) is 28.6 Å². The third kappa shape index (κ3) is 5.99. The predicted molar refractivity (Wildman–Crippen MR) is 142 cm³/mol. The smallest absolute Gasteiger partial charge is 0.247 e. The van der Waals surface area contributed by atoms with E-state index in [0.717, 1.165) is 16.4 Å². The van der Waals surface area contributed by atoms with Crippen molar-refractivity contribution in [1.29, 1.82) is 0 Å². The van der Waals surface area contributed by atoms with E-state index in [2.05, 4.69) is 0 Å². The van der Waals surface area contributed by atoms with Gasteiger partial charge in [0.1, 0.15) is 28.4 Å². The molecular formula is C27H30F2N2O6S2. The fourth-order valence-electron chi connectivity index (χ4n) is 4.43. The number of fused-ring (bicyclic) bond motifs is 1. The first kappa shape index (κ1) is 29.1. The van der Waals surface area contributed by atoms with Crippen LogP contribution in [-0.4, -0.2) is 69.4 Å². The van der Waals surface area contributed by atoms with Crippen molar-refractivity contribution >= 4 is 20.0 Å². The summed E-state index contributed by atoms with van der Waals surface area (Å²) in [6.45, 7) is 2.70. The monoisotopic (exact) mass is 580 g/mol. The molecule has 0 amide bonds. The second-order valence-electron chi connectivity index (χ2n) is 9.65. The van der Waals surface area contributed by atoms with E-state index in [0.29, 0.717) is 11.1 Å². The molecule has 0 spiro atoms. The van der Waals surface area contributed by atoms with Crippen LogP contribution < -0.4 is 4.74 Å². The second kappa shape index (κ2) is 11.3. The summed E-state index contributed by atoms with van der Waals surface area (Å²) < 4.78 is 89.5. The molecule has 0 saturated heterocycles. The lowest BCUT2D eigenvalue weighted by Gasteiger charge is -2.37. The Bertz CT molecular complexity index is 1550. The molecule has 210 valence electrons. The Kier molecular flexibility index (Phi) is 8.43. The van der Waals surface area contributed by atoms with E-state index in [9.17, 15) is 30.7 Å². The van der Waals surface area contributed by atoms with Gasteiger partial charge < -0.3 is 9.84 Å². The lowest BCUT2D eigenvalue weighted by atomic mass is 10.0. The minimum atomic E-state index is -4.11. The maximum Gasteiger partial charge on any atom is 0.247 e. The van der Waals surface area contributed by atoms with Crippen molar-refractivity contribution in [3.05, 3.63) is 78.4 Å². The zero-order valence-electron chi connectivity index (χ0n) is 21.7. The van der Waals surface area contributed by atoms with E-state index in [1.807, 2.05) is 0 Å². The molecule has 0 radical (unpaired) electrons. The van der Waals surface area contributed by atoms with Crippen LogP contribution in [-0.2, 0) is 20.0 Å². The van der Waals surface area contributed by atoms with Crippen molar-refractivity contribution in [3.63, 3.8) is 0 Å². The van der Waals surface area contributed by atoms with Crippen LogP contribution in [0.4, 0.5) is 8.78 Å². The van der Waals surface area contributed by atoms with Crippen LogP contribution in [0.2, 0.25) is 0 Å². The molecule has 0 bridgehead atoms. The predicted octanol–water partition coefficient (Wildman–Crippen LogP) is 3.72. The Labute approximate surface area is 227 Å². The van der Waals surface area contributed by atoms with Crippen molar-refractivity contribution in [2.75, 3.05) is 26.7 Å². The topological polar surface area (TPSA) is 104 Å². The maximum atomic E-state index is 13.9. The highest BCUT2D eigenvalue weighted by Crippen LogP contribution is 2.37. The summed E-state index contributed by atoms with van der Waals surface area (Å²) in [7, 11) is -6.77. The van der Waals surface area contributed by atoms with Crippen molar-refractivity contribution < 1.29 is 35.5 Å². The largest absolute Gasteiger partial charge is 0.487 e. The van der Waals surface area contributed by atoms with Gasteiger partial charge in [0, 0.05) is 25.6 Å². The van der Waals surface area contributed by atoms with Crippen LogP contribution in [0.3, 0.4) is 0 Å². The highest BCUT2D eigenvalue weighted by molar-refractivity contribution is 7.89. The number of ether oxygens (including phenoxy) is 1. The normalized spacial score (nSPS) is 20.5. The minimum Gasteiger partial charge on any atom is -0.487 e. The Balaban J connectivity index is 1.77. The Morgan fingerprint density at radius 3 is 2.36 bits per heavy atom. The van der Waals surface area contributed by atoms with Crippen LogP contribution >= 0.6 is 0 Å². The average Bonchev–Trinajstić information content (AvgIpc) is 2.90. The molecule has 3 aromatic rings. The number of likely N-dealkylation sites (N-methyl/N-ethyl adjacent to an activating group) is 1. The number of nitrogens with zero attached hydrogens (tertiary/aromatic N) is 2. The zero-order chi connectivity index (χ0) is 28.5. The van der Waals surface area contributed by atoms with Gasteiger partial charge in [-0.3, -0.25) is 0 Å². The lowest BCUT2D eigenvalue weighted by Crippen LogP contribution is -2.50. The molecule has 3 aromatic carbocycles. The first-order valence-electron chi connectivity index (χ1n) is 12.3. The van der Waals surface area contributed by atoms with Gasteiger partial charge >= 0.3 is 0 Å². The van der Waals surface area contributed by atoms with E-state index in [1.165, 1.54) is 53.8 Å². The van der Waals surface area contributed by atoms with E-state index >= 15 is 0 Å². The van der Waals surface area contributed by atoms with Crippen molar-refractivity contribution in [1.82, 2.24) is 8.61 Å². The highest BCUT2D eigenvalue weighted by Gasteiger charge is 2.39. The first-order valence-corrected chi connectivity index (χ1v) is 15.1. The number of sulfonamides is 2. The van der Waals surface area contributed by atoms with Crippen LogP contribution in [0.25, 0.3) is 11.1 Å². The summed E-state index contributed by atoms with van der Waals surface area (Å²) in [4.78, 5) is -0.249. The molecule has 0 saturated carbocycles. The van der Waals surface area contributed by atoms with Crippen molar-refractivity contribution in [3.8, 4) is 16.9 Å². The van der Waals surface area contributed by atoms with Crippen molar-refractivity contribution in [2.45, 2.75) is 35.8 Å². The summed E-state index contributed by atoms with van der Waals surface area (Å²) in [6, 6.07) is 13.9. The van der Waals surface area contributed by atoms with Gasteiger partial charge in [0.05, 0.1) is 18.0 Å². The molecule has 1 aliphatic heterocycles. The van der Waals surface area contributed by atoms with Crippen LogP contribution in [0, 0.1) is 17.6 Å². The standard InChI is InChI=1S/C27H30F2N2O6S2/c1-18-15-31(19(2)17-32)39(35,36)27-12-7-21(20-5-4-6-23(29)13-20)14-25(27)37-26(18)16-30(3)38(33,34)24-10-8-22(28)9-11-24/h4-14,18-19,26,32H,15-17H2,1-3H3/t18-,19-,26-/m1/s1. The molecular weight excluding hydrogens is 550 g/mol. The number of halogens is 2. The maximum absolute atomic E-state index is 13.9.